The summed E-state index contributed by atoms with van der Waals surface area (Å²) in [6.07, 6.45) is 0. The lowest BCUT2D eigenvalue weighted by molar-refractivity contribution is 0.281. The van der Waals surface area contributed by atoms with Crippen molar-refractivity contribution in [3.05, 3.63) is 107 Å². The van der Waals surface area contributed by atoms with Gasteiger partial charge in [-0.1, -0.05) is 84.9 Å². The van der Waals surface area contributed by atoms with Crippen molar-refractivity contribution in [2.45, 2.75) is 25.6 Å². The molecule has 3 aromatic rings. The molecule has 0 aliphatic carbocycles. The van der Waals surface area contributed by atoms with Crippen LogP contribution in [0.1, 0.15) is 41.3 Å². The number of hydrogen-bond acceptors (Lipinski definition) is 2. The van der Waals surface area contributed by atoms with Crippen LogP contribution in [0.4, 0.5) is 0 Å². The summed E-state index contributed by atoms with van der Waals surface area (Å²) in [5.41, 5.74) is 4.57. The third-order valence-corrected chi connectivity index (χ3v) is 4.32. The van der Waals surface area contributed by atoms with Crippen LogP contribution in [0, 0.1) is 0 Å². The molecule has 2 atom stereocenters. The van der Waals surface area contributed by atoms with Gasteiger partial charge in [0.1, 0.15) is 0 Å². The predicted molar refractivity (Wildman–Crippen MR) is 98.6 cm³/mol. The van der Waals surface area contributed by atoms with E-state index in [9.17, 15) is 5.11 Å². The standard InChI is InChI=1S/C22H23NO/c1-17(19-10-4-2-5-11-19)23-22(20-12-6-3-7-13-20)21-14-8-9-18(15-21)16-24/h2-15,17,22-24H,16H2,1H3/t17-,22-/m1/s1. The Labute approximate surface area is 143 Å². The summed E-state index contributed by atoms with van der Waals surface area (Å²) in [5.74, 6) is 0. The first kappa shape index (κ1) is 16.4. The van der Waals surface area contributed by atoms with E-state index < -0.39 is 0 Å². The molecule has 0 heterocycles. The number of benzene rings is 3. The highest BCUT2D eigenvalue weighted by Crippen LogP contribution is 2.26. The zero-order valence-corrected chi connectivity index (χ0v) is 13.9. The fraction of sp³-hybridized carbons (Fsp3) is 0.182. The Hall–Kier alpha value is -2.42. The fourth-order valence-corrected chi connectivity index (χ4v) is 2.99. The SMILES string of the molecule is C[C@@H](N[C@H](c1ccccc1)c1cccc(CO)c1)c1ccccc1. The molecule has 3 aromatic carbocycles. The number of hydrogen-bond donors (Lipinski definition) is 2. The molecule has 0 spiro atoms. The van der Waals surface area contributed by atoms with Gasteiger partial charge in [0.25, 0.3) is 0 Å². The fourth-order valence-electron chi connectivity index (χ4n) is 2.99. The third kappa shape index (κ3) is 3.91. The maximum atomic E-state index is 9.45. The van der Waals surface area contributed by atoms with E-state index in [4.69, 9.17) is 0 Å². The molecule has 2 nitrogen and oxygen atoms in total. The summed E-state index contributed by atoms with van der Waals surface area (Å²) >= 11 is 0. The van der Waals surface area contributed by atoms with Gasteiger partial charge in [0, 0.05) is 6.04 Å². The van der Waals surface area contributed by atoms with Crippen molar-refractivity contribution in [3.8, 4) is 0 Å². The van der Waals surface area contributed by atoms with Crippen LogP contribution in [-0.2, 0) is 6.61 Å². The highest BCUT2D eigenvalue weighted by Gasteiger charge is 2.17. The van der Waals surface area contributed by atoms with Crippen LogP contribution >= 0.6 is 0 Å². The molecule has 122 valence electrons. The van der Waals surface area contributed by atoms with Crippen molar-refractivity contribution in [3.63, 3.8) is 0 Å². The minimum atomic E-state index is 0.0591. The molecule has 0 bridgehead atoms. The van der Waals surface area contributed by atoms with E-state index in [1.54, 1.807) is 0 Å². The number of aliphatic hydroxyl groups is 1. The molecule has 2 heteroatoms. The van der Waals surface area contributed by atoms with Gasteiger partial charge in [-0.05, 0) is 29.2 Å². The molecule has 0 unspecified atom stereocenters. The summed E-state index contributed by atoms with van der Waals surface area (Å²) in [6, 6.07) is 29.3. The van der Waals surface area contributed by atoms with Crippen molar-refractivity contribution in [2.75, 3.05) is 0 Å². The van der Waals surface area contributed by atoms with Gasteiger partial charge in [0.05, 0.1) is 12.6 Å². The van der Waals surface area contributed by atoms with Crippen molar-refractivity contribution >= 4 is 0 Å². The largest absolute Gasteiger partial charge is 0.392 e. The number of nitrogens with one attached hydrogen (secondary N) is 1. The molecular weight excluding hydrogens is 294 g/mol. The predicted octanol–water partition coefficient (Wildman–Crippen LogP) is 4.62. The highest BCUT2D eigenvalue weighted by molar-refractivity contribution is 5.35. The zero-order chi connectivity index (χ0) is 16.8. The van der Waals surface area contributed by atoms with E-state index in [2.05, 4.69) is 72.9 Å². The third-order valence-electron chi connectivity index (χ3n) is 4.32. The highest BCUT2D eigenvalue weighted by atomic mass is 16.3. The molecule has 0 aliphatic rings. The Balaban J connectivity index is 1.93. The molecule has 2 N–H and O–H groups in total. The quantitative estimate of drug-likeness (QED) is 0.695. The molecule has 0 fully saturated rings. The average Bonchev–Trinajstić information content (AvgIpc) is 2.67. The lowest BCUT2D eigenvalue weighted by Crippen LogP contribution is -2.25. The summed E-state index contributed by atoms with van der Waals surface area (Å²) in [5, 5.41) is 13.2. The summed E-state index contributed by atoms with van der Waals surface area (Å²) < 4.78 is 0. The lowest BCUT2D eigenvalue weighted by Gasteiger charge is -2.25. The minimum Gasteiger partial charge on any atom is -0.392 e. The van der Waals surface area contributed by atoms with Crippen LogP contribution in [-0.4, -0.2) is 5.11 Å². The maximum absolute atomic E-state index is 9.45. The molecule has 24 heavy (non-hydrogen) atoms. The molecule has 0 saturated heterocycles. The number of aliphatic hydroxyl groups excluding tert-OH is 1. The molecule has 0 aromatic heterocycles. The summed E-state index contributed by atoms with van der Waals surface area (Å²) in [4.78, 5) is 0. The van der Waals surface area contributed by atoms with Crippen molar-refractivity contribution < 1.29 is 5.11 Å². The van der Waals surface area contributed by atoms with Crippen molar-refractivity contribution in [2.24, 2.45) is 0 Å². The Morgan fingerprint density at radius 2 is 1.33 bits per heavy atom. The Morgan fingerprint density at radius 3 is 1.96 bits per heavy atom. The molecule has 3 rings (SSSR count). The molecule has 0 saturated carbocycles. The van der Waals surface area contributed by atoms with Crippen LogP contribution in [0.2, 0.25) is 0 Å². The summed E-state index contributed by atoms with van der Waals surface area (Å²) in [6.45, 7) is 2.24. The van der Waals surface area contributed by atoms with Gasteiger partial charge < -0.3 is 5.11 Å². The topological polar surface area (TPSA) is 32.3 Å². The Kier molecular flexibility index (Phi) is 5.42. The second-order valence-electron chi connectivity index (χ2n) is 6.05. The van der Waals surface area contributed by atoms with Gasteiger partial charge in [-0.15, -0.1) is 0 Å². The van der Waals surface area contributed by atoms with E-state index in [1.807, 2.05) is 24.3 Å². The minimum absolute atomic E-state index is 0.0591. The monoisotopic (exact) mass is 317 g/mol. The van der Waals surface area contributed by atoms with Crippen molar-refractivity contribution in [1.29, 1.82) is 0 Å². The van der Waals surface area contributed by atoms with Crippen LogP contribution in [0.15, 0.2) is 84.9 Å². The molecule has 0 aliphatic heterocycles. The van der Waals surface area contributed by atoms with Gasteiger partial charge in [-0.2, -0.15) is 0 Å². The first-order valence-corrected chi connectivity index (χ1v) is 8.33. The van der Waals surface area contributed by atoms with E-state index in [1.165, 1.54) is 11.1 Å². The first-order chi connectivity index (χ1) is 11.8. The van der Waals surface area contributed by atoms with E-state index >= 15 is 0 Å². The normalized spacial score (nSPS) is 13.4. The van der Waals surface area contributed by atoms with Gasteiger partial charge in [0.15, 0.2) is 0 Å². The van der Waals surface area contributed by atoms with Gasteiger partial charge in [0.2, 0.25) is 0 Å². The van der Waals surface area contributed by atoms with E-state index in [0.717, 1.165) is 11.1 Å². The van der Waals surface area contributed by atoms with Gasteiger partial charge in [-0.25, -0.2) is 0 Å². The maximum Gasteiger partial charge on any atom is 0.0681 e. The first-order valence-electron chi connectivity index (χ1n) is 8.33. The van der Waals surface area contributed by atoms with E-state index in [0.29, 0.717) is 0 Å². The van der Waals surface area contributed by atoms with Gasteiger partial charge in [-0.3, -0.25) is 5.32 Å². The van der Waals surface area contributed by atoms with E-state index in [-0.39, 0.29) is 18.7 Å². The summed E-state index contributed by atoms with van der Waals surface area (Å²) in [7, 11) is 0. The van der Waals surface area contributed by atoms with Crippen LogP contribution in [0.5, 0.6) is 0 Å². The lowest BCUT2D eigenvalue weighted by atomic mass is 9.95. The smallest absolute Gasteiger partial charge is 0.0681 e. The molecular formula is C22H23NO. The average molecular weight is 317 g/mol. The Morgan fingerprint density at radius 1 is 0.750 bits per heavy atom. The van der Waals surface area contributed by atoms with Crippen LogP contribution in [0.25, 0.3) is 0 Å². The second kappa shape index (κ2) is 7.91. The molecule has 0 amide bonds. The van der Waals surface area contributed by atoms with Crippen LogP contribution in [0.3, 0.4) is 0 Å². The van der Waals surface area contributed by atoms with Crippen LogP contribution < -0.4 is 5.32 Å². The zero-order valence-electron chi connectivity index (χ0n) is 13.9. The number of rotatable bonds is 6. The Bertz CT molecular complexity index is 755. The molecule has 0 radical (unpaired) electrons. The second-order valence-corrected chi connectivity index (χ2v) is 6.05. The van der Waals surface area contributed by atoms with Crippen molar-refractivity contribution in [1.82, 2.24) is 5.32 Å². The van der Waals surface area contributed by atoms with Gasteiger partial charge >= 0.3 is 0 Å².